The van der Waals surface area contributed by atoms with E-state index in [0.717, 1.165) is 12.8 Å². The molecule has 1 aliphatic heterocycles. The molecule has 0 amide bonds. The van der Waals surface area contributed by atoms with E-state index in [1.165, 1.54) is 0 Å². The molecule has 0 bridgehead atoms. The largest absolute Gasteiger partial charge is 0.391 e. The van der Waals surface area contributed by atoms with Crippen LogP contribution >= 0.6 is 0 Å². The van der Waals surface area contributed by atoms with Crippen LogP contribution in [0.3, 0.4) is 0 Å². The maximum Gasteiger partial charge on any atom is 0.173 e. The van der Waals surface area contributed by atoms with Gasteiger partial charge in [0.1, 0.15) is 6.10 Å². The molecular weight excluding hydrogens is 264 g/mol. The minimum absolute atomic E-state index is 0.101. The SMILES string of the molecule is NCC1CCC(N)C(OC2C(N)CC(O)C(N)C2O)O1. The summed E-state index contributed by atoms with van der Waals surface area (Å²) in [7, 11) is 0. The summed E-state index contributed by atoms with van der Waals surface area (Å²) in [4.78, 5) is 0. The molecule has 10 N–H and O–H groups in total. The van der Waals surface area contributed by atoms with Crippen molar-refractivity contribution in [3.63, 3.8) is 0 Å². The van der Waals surface area contributed by atoms with Crippen LogP contribution in [0.4, 0.5) is 0 Å². The Morgan fingerprint density at radius 1 is 1.10 bits per heavy atom. The van der Waals surface area contributed by atoms with Gasteiger partial charge in [-0.1, -0.05) is 0 Å². The Balaban J connectivity index is 2.00. The summed E-state index contributed by atoms with van der Waals surface area (Å²) in [5, 5.41) is 19.8. The van der Waals surface area contributed by atoms with Crippen molar-refractivity contribution in [2.24, 2.45) is 22.9 Å². The Hall–Kier alpha value is -0.320. The van der Waals surface area contributed by atoms with E-state index in [-0.39, 0.29) is 18.6 Å². The fourth-order valence-corrected chi connectivity index (χ4v) is 2.79. The smallest absolute Gasteiger partial charge is 0.173 e. The van der Waals surface area contributed by atoms with Crippen LogP contribution < -0.4 is 22.9 Å². The molecule has 2 rings (SSSR count). The Morgan fingerprint density at radius 2 is 1.80 bits per heavy atom. The summed E-state index contributed by atoms with van der Waals surface area (Å²) < 4.78 is 11.4. The van der Waals surface area contributed by atoms with Gasteiger partial charge in [0, 0.05) is 12.6 Å². The zero-order valence-corrected chi connectivity index (χ0v) is 11.5. The summed E-state index contributed by atoms with van der Waals surface area (Å²) in [5.74, 6) is 0. The third-order valence-corrected chi connectivity index (χ3v) is 4.16. The molecule has 2 fully saturated rings. The van der Waals surface area contributed by atoms with Crippen molar-refractivity contribution in [3.05, 3.63) is 0 Å². The van der Waals surface area contributed by atoms with Gasteiger partial charge in [-0.15, -0.1) is 0 Å². The van der Waals surface area contributed by atoms with Crippen LogP contribution in [0.5, 0.6) is 0 Å². The minimum atomic E-state index is -1.05. The van der Waals surface area contributed by atoms with Crippen LogP contribution in [0.2, 0.25) is 0 Å². The maximum absolute atomic E-state index is 10.1. The first-order chi connectivity index (χ1) is 9.43. The van der Waals surface area contributed by atoms with E-state index in [4.69, 9.17) is 32.4 Å². The molecule has 0 aromatic rings. The Kier molecular flexibility index (Phi) is 5.32. The standard InChI is InChI=1S/C12H26N4O4/c13-4-5-1-2-6(14)12(19-5)20-11-7(15)3-8(17)9(16)10(11)18/h5-12,17-18H,1-4,13-16H2. The van der Waals surface area contributed by atoms with Gasteiger partial charge in [-0.3, -0.25) is 0 Å². The normalized spacial score (nSPS) is 50.1. The number of hydrogen-bond acceptors (Lipinski definition) is 8. The van der Waals surface area contributed by atoms with Crippen molar-refractivity contribution in [1.29, 1.82) is 0 Å². The highest BCUT2D eigenvalue weighted by molar-refractivity contribution is 4.98. The van der Waals surface area contributed by atoms with Crippen LogP contribution in [-0.2, 0) is 9.47 Å². The van der Waals surface area contributed by atoms with E-state index in [1.807, 2.05) is 0 Å². The molecular formula is C12H26N4O4. The molecule has 8 atom stereocenters. The average molecular weight is 290 g/mol. The summed E-state index contributed by atoms with van der Waals surface area (Å²) in [6.07, 6.45) is -1.57. The Labute approximate surface area is 118 Å². The molecule has 8 unspecified atom stereocenters. The van der Waals surface area contributed by atoms with Crippen LogP contribution in [-0.4, -0.2) is 65.6 Å². The fourth-order valence-electron chi connectivity index (χ4n) is 2.79. The number of aliphatic hydroxyl groups excluding tert-OH is 2. The van der Waals surface area contributed by atoms with Gasteiger partial charge in [-0.2, -0.15) is 0 Å². The van der Waals surface area contributed by atoms with Crippen molar-refractivity contribution in [1.82, 2.24) is 0 Å². The zero-order valence-electron chi connectivity index (χ0n) is 11.5. The predicted octanol–water partition coefficient (Wildman–Crippen LogP) is -3.06. The third-order valence-electron chi connectivity index (χ3n) is 4.16. The lowest BCUT2D eigenvalue weighted by Crippen LogP contribution is -2.64. The highest BCUT2D eigenvalue weighted by Crippen LogP contribution is 2.26. The van der Waals surface area contributed by atoms with E-state index in [9.17, 15) is 10.2 Å². The minimum Gasteiger partial charge on any atom is -0.391 e. The van der Waals surface area contributed by atoms with Crippen LogP contribution in [0.25, 0.3) is 0 Å². The summed E-state index contributed by atoms with van der Waals surface area (Å²) >= 11 is 0. The first-order valence-electron chi connectivity index (χ1n) is 7.08. The summed E-state index contributed by atoms with van der Waals surface area (Å²) in [6, 6.07) is -1.60. The van der Waals surface area contributed by atoms with Crippen molar-refractivity contribution < 1.29 is 19.7 Å². The molecule has 0 radical (unpaired) electrons. The number of hydrogen-bond donors (Lipinski definition) is 6. The lowest BCUT2D eigenvalue weighted by atomic mass is 9.84. The quantitative estimate of drug-likeness (QED) is 0.319. The van der Waals surface area contributed by atoms with Crippen molar-refractivity contribution in [3.8, 4) is 0 Å². The van der Waals surface area contributed by atoms with Gasteiger partial charge < -0.3 is 42.6 Å². The summed E-state index contributed by atoms with van der Waals surface area (Å²) in [5.41, 5.74) is 23.2. The number of rotatable bonds is 3. The third kappa shape index (κ3) is 3.29. The molecule has 0 spiro atoms. The van der Waals surface area contributed by atoms with Crippen LogP contribution in [0.15, 0.2) is 0 Å². The van der Waals surface area contributed by atoms with Gasteiger partial charge in [0.05, 0.1) is 30.4 Å². The predicted molar refractivity (Wildman–Crippen MR) is 72.4 cm³/mol. The highest BCUT2D eigenvalue weighted by atomic mass is 16.7. The molecule has 0 aromatic heterocycles. The van der Waals surface area contributed by atoms with E-state index < -0.39 is 36.7 Å². The van der Waals surface area contributed by atoms with Crippen molar-refractivity contribution in [2.45, 2.75) is 68.1 Å². The second-order valence-electron chi connectivity index (χ2n) is 5.74. The van der Waals surface area contributed by atoms with Crippen LogP contribution in [0, 0.1) is 0 Å². The molecule has 1 saturated carbocycles. The van der Waals surface area contributed by atoms with Crippen molar-refractivity contribution in [2.75, 3.05) is 6.54 Å². The molecule has 1 saturated heterocycles. The lowest BCUT2D eigenvalue weighted by molar-refractivity contribution is -0.247. The highest BCUT2D eigenvalue weighted by Gasteiger charge is 2.43. The fraction of sp³-hybridized carbons (Fsp3) is 1.00. The second-order valence-corrected chi connectivity index (χ2v) is 5.74. The van der Waals surface area contributed by atoms with E-state index >= 15 is 0 Å². The molecule has 1 aliphatic carbocycles. The van der Waals surface area contributed by atoms with Gasteiger partial charge in [0.2, 0.25) is 0 Å². The second kappa shape index (κ2) is 6.63. The molecule has 20 heavy (non-hydrogen) atoms. The molecule has 118 valence electrons. The average Bonchev–Trinajstić information content (AvgIpc) is 2.43. The van der Waals surface area contributed by atoms with Crippen LogP contribution in [0.1, 0.15) is 19.3 Å². The van der Waals surface area contributed by atoms with Gasteiger partial charge >= 0.3 is 0 Å². The number of nitrogens with two attached hydrogens (primary N) is 4. The molecule has 8 heteroatoms. The van der Waals surface area contributed by atoms with Gasteiger partial charge in [-0.25, -0.2) is 0 Å². The van der Waals surface area contributed by atoms with Gasteiger partial charge in [0.25, 0.3) is 0 Å². The van der Waals surface area contributed by atoms with Gasteiger partial charge in [0.15, 0.2) is 6.29 Å². The monoisotopic (exact) mass is 290 g/mol. The first kappa shape index (κ1) is 16.1. The van der Waals surface area contributed by atoms with E-state index in [1.54, 1.807) is 0 Å². The first-order valence-corrected chi connectivity index (χ1v) is 7.08. The Bertz CT molecular complexity index is 322. The molecule has 0 aromatic carbocycles. The van der Waals surface area contributed by atoms with Crippen molar-refractivity contribution >= 4 is 0 Å². The Morgan fingerprint density at radius 3 is 2.45 bits per heavy atom. The summed E-state index contributed by atoms with van der Waals surface area (Å²) in [6.45, 7) is 0.393. The molecule has 1 heterocycles. The van der Waals surface area contributed by atoms with E-state index in [0.29, 0.717) is 6.54 Å². The lowest BCUT2D eigenvalue weighted by Gasteiger charge is -2.43. The topological polar surface area (TPSA) is 163 Å². The maximum atomic E-state index is 10.1. The molecule has 2 aliphatic rings. The number of aliphatic hydroxyl groups is 2. The molecule has 8 nitrogen and oxygen atoms in total. The van der Waals surface area contributed by atoms with E-state index in [2.05, 4.69) is 0 Å². The number of ether oxygens (including phenoxy) is 2. The zero-order chi connectivity index (χ0) is 14.9. The van der Waals surface area contributed by atoms with Gasteiger partial charge in [-0.05, 0) is 19.3 Å².